The van der Waals surface area contributed by atoms with Gasteiger partial charge in [0.1, 0.15) is 0 Å². The fourth-order valence-electron chi connectivity index (χ4n) is 2.16. The number of nitrogens with one attached hydrogen (secondary N) is 1. The molecule has 2 aromatic carbocycles. The van der Waals surface area contributed by atoms with Crippen LogP contribution in [0.3, 0.4) is 0 Å². The molecule has 2 nitrogen and oxygen atoms in total. The van der Waals surface area contributed by atoms with Crippen LogP contribution in [0.4, 0.5) is 5.69 Å². The average Bonchev–Trinajstić information content (AvgIpc) is 2.50. The lowest BCUT2D eigenvalue weighted by Gasteiger charge is -2.10. The molecule has 1 amide bonds. The fourth-order valence-corrected chi connectivity index (χ4v) is 3.01. The maximum absolute atomic E-state index is 12.0. The zero-order valence-electron chi connectivity index (χ0n) is 13.5. The van der Waals surface area contributed by atoms with Gasteiger partial charge in [-0.25, -0.2) is 0 Å². The molecule has 0 bridgehead atoms. The van der Waals surface area contributed by atoms with Gasteiger partial charge in [-0.05, 0) is 62.3 Å². The van der Waals surface area contributed by atoms with Crippen molar-refractivity contribution < 1.29 is 4.79 Å². The van der Waals surface area contributed by atoms with Crippen LogP contribution < -0.4 is 5.32 Å². The minimum absolute atomic E-state index is 0.0956. The quantitative estimate of drug-likeness (QED) is 0.592. The molecule has 0 aromatic heterocycles. The Kier molecular flexibility index (Phi) is 6.08. The van der Waals surface area contributed by atoms with Crippen molar-refractivity contribution in [2.24, 2.45) is 0 Å². The van der Waals surface area contributed by atoms with Gasteiger partial charge in [0.25, 0.3) is 0 Å². The molecule has 0 unspecified atom stereocenters. The standard InChI is InChI=1S/C19H23NOS/c1-14-9-11-17(12-10-14)22-13-5-8-19(21)20-18-7-4-6-15(2)16(18)3/h4,6-7,9-12H,5,8,13H2,1-3H3,(H,20,21). The molecule has 0 aliphatic rings. The molecule has 0 aliphatic carbocycles. The summed E-state index contributed by atoms with van der Waals surface area (Å²) >= 11 is 1.80. The molecule has 1 N–H and O–H groups in total. The highest BCUT2D eigenvalue weighted by Crippen LogP contribution is 2.21. The van der Waals surface area contributed by atoms with Crippen LogP contribution in [-0.4, -0.2) is 11.7 Å². The van der Waals surface area contributed by atoms with Gasteiger partial charge >= 0.3 is 0 Å². The van der Waals surface area contributed by atoms with Crippen molar-refractivity contribution in [3.8, 4) is 0 Å². The van der Waals surface area contributed by atoms with E-state index in [9.17, 15) is 4.79 Å². The molecule has 0 spiro atoms. The summed E-state index contributed by atoms with van der Waals surface area (Å²) in [5, 5.41) is 3.01. The van der Waals surface area contributed by atoms with Crippen molar-refractivity contribution in [1.82, 2.24) is 0 Å². The Morgan fingerprint density at radius 2 is 1.77 bits per heavy atom. The lowest BCUT2D eigenvalue weighted by molar-refractivity contribution is -0.116. The van der Waals surface area contributed by atoms with E-state index in [2.05, 4.69) is 49.5 Å². The Balaban J connectivity index is 1.74. The number of carbonyl (C=O) groups excluding carboxylic acids is 1. The summed E-state index contributed by atoms with van der Waals surface area (Å²) in [5.74, 6) is 1.06. The second-order valence-electron chi connectivity index (χ2n) is 5.56. The van der Waals surface area contributed by atoms with Crippen LogP contribution in [-0.2, 0) is 4.79 Å². The summed E-state index contributed by atoms with van der Waals surface area (Å²) in [6.07, 6.45) is 1.45. The normalized spacial score (nSPS) is 10.5. The molecule has 0 atom stereocenters. The van der Waals surface area contributed by atoms with E-state index < -0.39 is 0 Å². The first-order valence-corrected chi connectivity index (χ1v) is 8.60. The number of benzene rings is 2. The summed E-state index contributed by atoms with van der Waals surface area (Å²) in [7, 11) is 0. The van der Waals surface area contributed by atoms with Crippen LogP contribution in [0.25, 0.3) is 0 Å². The van der Waals surface area contributed by atoms with E-state index in [0.29, 0.717) is 6.42 Å². The van der Waals surface area contributed by atoms with Gasteiger partial charge in [0, 0.05) is 17.0 Å². The third-order valence-electron chi connectivity index (χ3n) is 3.72. The molecule has 22 heavy (non-hydrogen) atoms. The first kappa shape index (κ1) is 16.6. The van der Waals surface area contributed by atoms with Crippen molar-refractivity contribution >= 4 is 23.4 Å². The van der Waals surface area contributed by atoms with Crippen molar-refractivity contribution in [1.29, 1.82) is 0 Å². The molecule has 0 heterocycles. The van der Waals surface area contributed by atoms with Crippen LogP contribution in [0.1, 0.15) is 29.5 Å². The Hall–Kier alpha value is -1.74. The highest BCUT2D eigenvalue weighted by molar-refractivity contribution is 7.99. The van der Waals surface area contributed by atoms with Gasteiger partial charge in [-0.15, -0.1) is 11.8 Å². The summed E-state index contributed by atoms with van der Waals surface area (Å²) in [6.45, 7) is 6.19. The Morgan fingerprint density at radius 1 is 1.05 bits per heavy atom. The van der Waals surface area contributed by atoms with E-state index in [1.807, 2.05) is 19.1 Å². The van der Waals surface area contributed by atoms with Gasteiger partial charge in [0.15, 0.2) is 0 Å². The molecule has 2 aromatic rings. The number of thioether (sulfide) groups is 1. The summed E-state index contributed by atoms with van der Waals surface area (Å²) in [5.41, 5.74) is 4.55. The van der Waals surface area contributed by atoms with Gasteiger partial charge in [0.05, 0.1) is 0 Å². The van der Waals surface area contributed by atoms with Crippen molar-refractivity contribution in [3.63, 3.8) is 0 Å². The lowest BCUT2D eigenvalue weighted by Crippen LogP contribution is -2.12. The number of carbonyl (C=O) groups is 1. The van der Waals surface area contributed by atoms with E-state index in [4.69, 9.17) is 0 Å². The maximum atomic E-state index is 12.0. The Labute approximate surface area is 137 Å². The minimum atomic E-state index is 0.0956. The minimum Gasteiger partial charge on any atom is -0.326 e. The fraction of sp³-hybridized carbons (Fsp3) is 0.316. The summed E-state index contributed by atoms with van der Waals surface area (Å²) in [6, 6.07) is 14.5. The van der Waals surface area contributed by atoms with Gasteiger partial charge < -0.3 is 5.32 Å². The predicted molar refractivity (Wildman–Crippen MR) is 95.7 cm³/mol. The highest BCUT2D eigenvalue weighted by atomic mass is 32.2. The largest absolute Gasteiger partial charge is 0.326 e. The highest BCUT2D eigenvalue weighted by Gasteiger charge is 2.06. The molecule has 0 saturated carbocycles. The number of hydrogen-bond donors (Lipinski definition) is 1. The van der Waals surface area contributed by atoms with Crippen LogP contribution >= 0.6 is 11.8 Å². The third kappa shape index (κ3) is 4.92. The molecule has 0 saturated heterocycles. The predicted octanol–water partition coefficient (Wildman–Crippen LogP) is 5.12. The monoisotopic (exact) mass is 313 g/mol. The third-order valence-corrected chi connectivity index (χ3v) is 4.81. The van der Waals surface area contributed by atoms with Crippen LogP contribution in [0.2, 0.25) is 0 Å². The van der Waals surface area contributed by atoms with Crippen LogP contribution in [0, 0.1) is 20.8 Å². The molecule has 0 fully saturated rings. The summed E-state index contributed by atoms with van der Waals surface area (Å²) in [4.78, 5) is 13.3. The number of amides is 1. The smallest absolute Gasteiger partial charge is 0.224 e. The second-order valence-corrected chi connectivity index (χ2v) is 6.73. The number of hydrogen-bond acceptors (Lipinski definition) is 2. The number of anilines is 1. The molecular formula is C19H23NOS. The van der Waals surface area contributed by atoms with E-state index >= 15 is 0 Å². The van der Waals surface area contributed by atoms with Gasteiger partial charge in [0.2, 0.25) is 5.91 Å². The molecular weight excluding hydrogens is 290 g/mol. The Bertz CT molecular complexity index is 634. The lowest BCUT2D eigenvalue weighted by atomic mass is 10.1. The van der Waals surface area contributed by atoms with Crippen molar-refractivity contribution in [2.75, 3.05) is 11.1 Å². The van der Waals surface area contributed by atoms with Gasteiger partial charge in [-0.3, -0.25) is 4.79 Å². The Morgan fingerprint density at radius 3 is 2.50 bits per heavy atom. The second kappa shape index (κ2) is 8.04. The van der Waals surface area contributed by atoms with Crippen molar-refractivity contribution in [2.45, 2.75) is 38.5 Å². The molecule has 2 rings (SSSR count). The van der Waals surface area contributed by atoms with Crippen LogP contribution in [0.15, 0.2) is 47.4 Å². The summed E-state index contributed by atoms with van der Waals surface area (Å²) < 4.78 is 0. The van der Waals surface area contributed by atoms with Crippen LogP contribution in [0.5, 0.6) is 0 Å². The average molecular weight is 313 g/mol. The SMILES string of the molecule is Cc1ccc(SCCCC(=O)Nc2cccc(C)c2C)cc1. The zero-order valence-corrected chi connectivity index (χ0v) is 14.3. The van der Waals surface area contributed by atoms with E-state index in [1.165, 1.54) is 16.0 Å². The first-order chi connectivity index (χ1) is 10.6. The topological polar surface area (TPSA) is 29.1 Å². The zero-order chi connectivity index (χ0) is 15.9. The van der Waals surface area contributed by atoms with Crippen molar-refractivity contribution in [3.05, 3.63) is 59.2 Å². The van der Waals surface area contributed by atoms with E-state index in [0.717, 1.165) is 23.4 Å². The van der Waals surface area contributed by atoms with E-state index in [1.54, 1.807) is 11.8 Å². The maximum Gasteiger partial charge on any atom is 0.224 e. The van der Waals surface area contributed by atoms with E-state index in [-0.39, 0.29) is 5.91 Å². The molecule has 116 valence electrons. The molecule has 3 heteroatoms. The van der Waals surface area contributed by atoms with Gasteiger partial charge in [-0.2, -0.15) is 0 Å². The number of rotatable bonds is 6. The molecule has 0 aliphatic heterocycles. The van der Waals surface area contributed by atoms with Gasteiger partial charge in [-0.1, -0.05) is 29.8 Å². The first-order valence-electron chi connectivity index (χ1n) is 7.62. The number of aryl methyl sites for hydroxylation is 2. The molecule has 0 radical (unpaired) electrons.